The van der Waals surface area contributed by atoms with Crippen LogP contribution in [0, 0.1) is 3.57 Å². The van der Waals surface area contributed by atoms with Crippen molar-refractivity contribution in [1.82, 2.24) is 16.2 Å². The second-order valence-electron chi connectivity index (χ2n) is 5.11. The molecule has 0 aliphatic heterocycles. The molecule has 0 spiro atoms. The van der Waals surface area contributed by atoms with E-state index in [0.717, 1.165) is 9.13 Å². The van der Waals surface area contributed by atoms with E-state index in [0.29, 0.717) is 16.3 Å². The summed E-state index contributed by atoms with van der Waals surface area (Å²) < 4.78 is 5.95. The number of thiocarbonyl (C=S) groups is 1. The molecule has 0 heterocycles. The number of hydrazine groups is 1. The van der Waals surface area contributed by atoms with Crippen molar-refractivity contribution in [3.8, 4) is 5.75 Å². The van der Waals surface area contributed by atoms with Crippen molar-refractivity contribution in [3.63, 3.8) is 0 Å². The number of amides is 2. The highest BCUT2D eigenvalue weighted by molar-refractivity contribution is 14.1. The van der Waals surface area contributed by atoms with Gasteiger partial charge in [0.05, 0.1) is 17.1 Å². The number of hydrogen-bond acceptors (Lipinski definition) is 4. The second-order valence-corrected chi connectivity index (χ2v) is 7.12. The fourth-order valence-electron chi connectivity index (χ4n) is 1.97. The van der Waals surface area contributed by atoms with E-state index in [-0.39, 0.29) is 17.4 Å². The summed E-state index contributed by atoms with van der Waals surface area (Å²) in [6.45, 7) is 0. The summed E-state index contributed by atoms with van der Waals surface area (Å²) in [5.41, 5.74) is 6.16. The Bertz CT molecular complexity index is 831. The lowest BCUT2D eigenvalue weighted by atomic mass is 10.1. The molecule has 0 aliphatic rings. The molecule has 0 saturated heterocycles. The number of rotatable bonds is 4. The quantitative estimate of drug-likeness (QED) is 0.340. The first-order chi connectivity index (χ1) is 12.4. The Labute approximate surface area is 174 Å². The summed E-state index contributed by atoms with van der Waals surface area (Å²) in [5, 5.41) is 3.08. The van der Waals surface area contributed by atoms with E-state index in [9.17, 15) is 9.59 Å². The SMILES string of the molecule is COc1ccc(C(=O)NC(=S)NNC(=O)Cc2ccc(Cl)cc2)cc1I. The number of hydrogen-bond donors (Lipinski definition) is 3. The number of methoxy groups -OCH3 is 1. The van der Waals surface area contributed by atoms with Gasteiger partial charge < -0.3 is 4.74 Å². The lowest BCUT2D eigenvalue weighted by Crippen LogP contribution is -2.48. The highest BCUT2D eigenvalue weighted by Crippen LogP contribution is 2.21. The monoisotopic (exact) mass is 503 g/mol. The van der Waals surface area contributed by atoms with Crippen LogP contribution in [0.15, 0.2) is 42.5 Å². The summed E-state index contributed by atoms with van der Waals surface area (Å²) in [7, 11) is 1.56. The maximum Gasteiger partial charge on any atom is 0.257 e. The minimum Gasteiger partial charge on any atom is -0.496 e. The van der Waals surface area contributed by atoms with Crippen molar-refractivity contribution in [2.75, 3.05) is 7.11 Å². The molecule has 2 aromatic carbocycles. The van der Waals surface area contributed by atoms with Gasteiger partial charge >= 0.3 is 0 Å². The molecule has 26 heavy (non-hydrogen) atoms. The molecule has 2 aromatic rings. The number of halogens is 2. The topological polar surface area (TPSA) is 79.5 Å². The predicted molar refractivity (Wildman–Crippen MR) is 112 cm³/mol. The maximum atomic E-state index is 12.2. The largest absolute Gasteiger partial charge is 0.496 e. The molecular formula is C17H15ClIN3O3S. The number of carbonyl (C=O) groups excluding carboxylic acids is 2. The minimum atomic E-state index is -0.394. The highest BCUT2D eigenvalue weighted by atomic mass is 127. The zero-order valence-corrected chi connectivity index (χ0v) is 17.4. The van der Waals surface area contributed by atoms with Gasteiger partial charge in [-0.15, -0.1) is 0 Å². The third kappa shape index (κ3) is 6.11. The first-order valence-electron chi connectivity index (χ1n) is 7.37. The van der Waals surface area contributed by atoms with E-state index in [2.05, 4.69) is 38.8 Å². The van der Waals surface area contributed by atoms with Crippen molar-refractivity contribution in [2.24, 2.45) is 0 Å². The van der Waals surface area contributed by atoms with Gasteiger partial charge in [0.15, 0.2) is 5.11 Å². The van der Waals surface area contributed by atoms with Gasteiger partial charge in [0, 0.05) is 10.6 Å². The van der Waals surface area contributed by atoms with Gasteiger partial charge in [-0.05, 0) is 70.7 Å². The number of benzene rings is 2. The van der Waals surface area contributed by atoms with E-state index in [4.69, 9.17) is 28.6 Å². The molecule has 0 aliphatic carbocycles. The highest BCUT2D eigenvalue weighted by Gasteiger charge is 2.11. The minimum absolute atomic E-state index is 0.00900. The van der Waals surface area contributed by atoms with Crippen LogP contribution in [0.4, 0.5) is 0 Å². The van der Waals surface area contributed by atoms with Gasteiger partial charge in [0.25, 0.3) is 5.91 Å². The summed E-state index contributed by atoms with van der Waals surface area (Å²) in [6.07, 6.45) is 0.150. The first-order valence-corrected chi connectivity index (χ1v) is 9.23. The Morgan fingerprint density at radius 1 is 1.15 bits per heavy atom. The Morgan fingerprint density at radius 3 is 2.46 bits per heavy atom. The summed E-state index contributed by atoms with van der Waals surface area (Å²) in [6, 6.07) is 11.9. The maximum absolute atomic E-state index is 12.2. The summed E-state index contributed by atoms with van der Waals surface area (Å²) in [5.74, 6) is -0.0183. The average Bonchev–Trinajstić information content (AvgIpc) is 2.62. The van der Waals surface area contributed by atoms with Crippen LogP contribution in [-0.4, -0.2) is 24.0 Å². The van der Waals surface area contributed by atoms with Gasteiger partial charge in [-0.2, -0.15) is 0 Å². The number of ether oxygens (including phenoxy) is 1. The Morgan fingerprint density at radius 2 is 1.85 bits per heavy atom. The zero-order valence-electron chi connectivity index (χ0n) is 13.6. The third-order valence-corrected chi connectivity index (χ3v) is 4.53. The van der Waals surface area contributed by atoms with Crippen LogP contribution in [0.5, 0.6) is 5.75 Å². The molecule has 0 aromatic heterocycles. The first kappa shape index (κ1) is 20.4. The molecule has 3 N–H and O–H groups in total. The van der Waals surface area contributed by atoms with Crippen molar-refractivity contribution in [2.45, 2.75) is 6.42 Å². The van der Waals surface area contributed by atoms with Gasteiger partial charge in [-0.25, -0.2) is 0 Å². The van der Waals surface area contributed by atoms with Crippen LogP contribution in [0.1, 0.15) is 15.9 Å². The van der Waals surface area contributed by atoms with E-state index < -0.39 is 5.91 Å². The van der Waals surface area contributed by atoms with Crippen molar-refractivity contribution >= 4 is 63.3 Å². The molecular weight excluding hydrogens is 489 g/mol. The molecule has 0 atom stereocenters. The standard InChI is InChI=1S/C17H15ClIN3O3S/c1-25-14-7-4-11(9-13(14)19)16(24)20-17(26)22-21-15(23)8-10-2-5-12(18)6-3-10/h2-7,9H,8H2,1H3,(H,21,23)(H2,20,22,24,26). The normalized spacial score (nSPS) is 9.96. The third-order valence-electron chi connectivity index (χ3n) is 3.23. The van der Waals surface area contributed by atoms with Gasteiger partial charge in [0.1, 0.15) is 5.75 Å². The lowest BCUT2D eigenvalue weighted by molar-refractivity contribution is -0.121. The van der Waals surface area contributed by atoms with Crippen molar-refractivity contribution < 1.29 is 14.3 Å². The number of carbonyl (C=O) groups is 2. The van der Waals surface area contributed by atoms with E-state index in [1.165, 1.54) is 0 Å². The van der Waals surface area contributed by atoms with Crippen LogP contribution in [0.25, 0.3) is 0 Å². The van der Waals surface area contributed by atoms with E-state index in [1.807, 2.05) is 0 Å². The van der Waals surface area contributed by atoms with Crippen molar-refractivity contribution in [3.05, 3.63) is 62.2 Å². The Hall–Kier alpha value is -1.91. The molecule has 0 unspecified atom stereocenters. The van der Waals surface area contributed by atoms with Crippen LogP contribution < -0.4 is 20.9 Å². The summed E-state index contributed by atoms with van der Waals surface area (Å²) >= 11 is 12.9. The van der Waals surface area contributed by atoms with Gasteiger partial charge in [0.2, 0.25) is 5.91 Å². The van der Waals surface area contributed by atoms with Crippen LogP contribution in [0.3, 0.4) is 0 Å². The van der Waals surface area contributed by atoms with E-state index in [1.54, 1.807) is 49.6 Å². The second kappa shape index (κ2) is 9.70. The molecule has 6 nitrogen and oxygen atoms in total. The molecule has 136 valence electrons. The smallest absolute Gasteiger partial charge is 0.257 e. The Kier molecular flexibility index (Phi) is 7.61. The van der Waals surface area contributed by atoms with Crippen molar-refractivity contribution in [1.29, 1.82) is 0 Å². The molecule has 2 rings (SSSR count). The molecule has 0 radical (unpaired) electrons. The zero-order chi connectivity index (χ0) is 19.1. The van der Waals surface area contributed by atoms with E-state index >= 15 is 0 Å². The fourth-order valence-corrected chi connectivity index (χ4v) is 2.98. The molecule has 0 saturated carbocycles. The molecule has 0 fully saturated rings. The lowest BCUT2D eigenvalue weighted by Gasteiger charge is -2.11. The fraction of sp³-hybridized carbons (Fsp3) is 0.118. The van der Waals surface area contributed by atoms with Crippen LogP contribution >= 0.6 is 46.4 Å². The predicted octanol–water partition coefficient (Wildman–Crippen LogP) is 2.83. The molecule has 0 bridgehead atoms. The average molecular weight is 504 g/mol. The van der Waals surface area contributed by atoms with Crippen LogP contribution in [-0.2, 0) is 11.2 Å². The summed E-state index contributed by atoms with van der Waals surface area (Å²) in [4.78, 5) is 24.0. The van der Waals surface area contributed by atoms with Gasteiger partial charge in [-0.3, -0.25) is 25.8 Å². The van der Waals surface area contributed by atoms with Crippen LogP contribution in [0.2, 0.25) is 5.02 Å². The molecule has 2 amide bonds. The van der Waals surface area contributed by atoms with Gasteiger partial charge in [-0.1, -0.05) is 23.7 Å². The number of nitrogens with one attached hydrogen (secondary N) is 3. The Balaban J connectivity index is 1.82. The molecule has 9 heteroatoms.